The largest absolute Gasteiger partial charge is 0.416 e. The SMILES string of the molecule is [N-]=[N+]=NCC(O)C(O)c1cc([N+](=O)[O-])cc(C(F)(F)F)c1. The van der Waals surface area contributed by atoms with Crippen LogP contribution in [-0.2, 0) is 6.18 Å². The molecule has 21 heavy (non-hydrogen) atoms. The number of rotatable bonds is 5. The lowest BCUT2D eigenvalue weighted by atomic mass is 10.0. The molecular formula is C10H9F3N4O4. The van der Waals surface area contributed by atoms with Gasteiger partial charge in [-0.25, -0.2) is 0 Å². The van der Waals surface area contributed by atoms with Gasteiger partial charge in [0.25, 0.3) is 5.69 Å². The first-order valence-electron chi connectivity index (χ1n) is 5.40. The molecule has 0 radical (unpaired) electrons. The summed E-state index contributed by atoms with van der Waals surface area (Å²) in [6.07, 6.45) is -8.41. The minimum Gasteiger partial charge on any atom is -0.390 e. The molecule has 0 aliphatic rings. The number of non-ortho nitro benzene ring substituents is 1. The van der Waals surface area contributed by atoms with Crippen molar-refractivity contribution in [1.29, 1.82) is 0 Å². The zero-order chi connectivity index (χ0) is 16.2. The summed E-state index contributed by atoms with van der Waals surface area (Å²) in [5.74, 6) is 0. The number of nitro benzene ring substituents is 1. The standard InChI is InChI=1S/C10H9F3N4O4/c11-10(12,13)6-1-5(2-7(3-6)17(20)21)9(19)8(18)4-15-16-14/h1-3,8-9,18-19H,4H2. The van der Waals surface area contributed by atoms with Gasteiger partial charge >= 0.3 is 6.18 Å². The van der Waals surface area contributed by atoms with Crippen LogP contribution in [0.4, 0.5) is 18.9 Å². The molecule has 0 aliphatic heterocycles. The van der Waals surface area contributed by atoms with Crippen LogP contribution in [-0.4, -0.2) is 27.8 Å². The number of alkyl halides is 3. The Morgan fingerprint density at radius 2 is 2.00 bits per heavy atom. The van der Waals surface area contributed by atoms with Gasteiger partial charge in [0, 0.05) is 17.0 Å². The molecule has 1 aromatic rings. The third kappa shape index (κ3) is 4.31. The van der Waals surface area contributed by atoms with E-state index in [2.05, 4.69) is 10.0 Å². The second-order valence-electron chi connectivity index (χ2n) is 3.99. The molecule has 0 saturated heterocycles. The van der Waals surface area contributed by atoms with Crippen molar-refractivity contribution >= 4 is 5.69 Å². The number of nitrogens with zero attached hydrogens (tertiary/aromatic N) is 4. The summed E-state index contributed by atoms with van der Waals surface area (Å²) < 4.78 is 37.9. The summed E-state index contributed by atoms with van der Waals surface area (Å²) >= 11 is 0. The molecule has 0 amide bonds. The van der Waals surface area contributed by atoms with Gasteiger partial charge in [0.15, 0.2) is 0 Å². The van der Waals surface area contributed by atoms with E-state index in [-0.39, 0.29) is 0 Å². The molecule has 2 atom stereocenters. The van der Waals surface area contributed by atoms with Crippen molar-refractivity contribution in [3.05, 3.63) is 49.9 Å². The third-order valence-electron chi connectivity index (χ3n) is 2.52. The lowest BCUT2D eigenvalue weighted by Crippen LogP contribution is -2.22. The van der Waals surface area contributed by atoms with Crippen molar-refractivity contribution in [2.45, 2.75) is 18.4 Å². The van der Waals surface area contributed by atoms with Gasteiger partial charge in [-0.05, 0) is 17.2 Å². The first kappa shape index (κ1) is 16.7. The van der Waals surface area contributed by atoms with Gasteiger partial charge in [-0.2, -0.15) is 13.2 Å². The number of azide groups is 1. The first-order valence-corrected chi connectivity index (χ1v) is 5.40. The summed E-state index contributed by atoms with van der Waals surface area (Å²) in [4.78, 5) is 11.9. The average Bonchev–Trinajstić information content (AvgIpc) is 2.42. The maximum Gasteiger partial charge on any atom is 0.416 e. The Kier molecular flexibility index (Phi) is 5.08. The highest BCUT2D eigenvalue weighted by atomic mass is 19.4. The number of aliphatic hydroxyl groups excluding tert-OH is 2. The van der Waals surface area contributed by atoms with Crippen LogP contribution in [0.3, 0.4) is 0 Å². The number of hydrogen-bond acceptors (Lipinski definition) is 5. The predicted octanol–water partition coefficient (Wildman–Crippen LogP) is 2.32. The Hall–Kier alpha value is -2.36. The van der Waals surface area contributed by atoms with Gasteiger partial charge in [-0.15, -0.1) is 0 Å². The molecule has 0 aliphatic carbocycles. The molecule has 1 aromatic carbocycles. The van der Waals surface area contributed by atoms with Crippen LogP contribution in [0, 0.1) is 10.1 Å². The normalized spacial score (nSPS) is 14.1. The highest BCUT2D eigenvalue weighted by Crippen LogP contribution is 2.34. The highest BCUT2D eigenvalue weighted by molar-refractivity contribution is 5.41. The van der Waals surface area contributed by atoms with E-state index < -0.39 is 46.7 Å². The predicted molar refractivity (Wildman–Crippen MR) is 63.1 cm³/mol. The van der Waals surface area contributed by atoms with E-state index in [9.17, 15) is 33.5 Å². The molecule has 2 N–H and O–H groups in total. The van der Waals surface area contributed by atoms with Gasteiger partial charge in [0.1, 0.15) is 6.10 Å². The quantitative estimate of drug-likeness (QED) is 0.284. The summed E-state index contributed by atoms with van der Waals surface area (Å²) in [7, 11) is 0. The van der Waals surface area contributed by atoms with E-state index in [1.165, 1.54) is 0 Å². The van der Waals surface area contributed by atoms with E-state index in [0.29, 0.717) is 18.2 Å². The van der Waals surface area contributed by atoms with Crippen molar-refractivity contribution in [2.75, 3.05) is 6.54 Å². The molecular weight excluding hydrogens is 297 g/mol. The van der Waals surface area contributed by atoms with E-state index >= 15 is 0 Å². The summed E-state index contributed by atoms with van der Waals surface area (Å²) in [5.41, 5.74) is 5.35. The van der Waals surface area contributed by atoms with Gasteiger partial charge in [-0.3, -0.25) is 10.1 Å². The molecule has 0 fully saturated rings. The number of nitro groups is 1. The second-order valence-corrected chi connectivity index (χ2v) is 3.99. The number of benzene rings is 1. The molecule has 1 rings (SSSR count). The van der Waals surface area contributed by atoms with Crippen molar-refractivity contribution < 1.29 is 28.3 Å². The van der Waals surface area contributed by atoms with Crippen molar-refractivity contribution in [1.82, 2.24) is 0 Å². The molecule has 11 heteroatoms. The van der Waals surface area contributed by atoms with Crippen LogP contribution in [0.5, 0.6) is 0 Å². The second kappa shape index (κ2) is 6.39. The van der Waals surface area contributed by atoms with Gasteiger partial charge in [0.2, 0.25) is 0 Å². The Morgan fingerprint density at radius 3 is 2.48 bits per heavy atom. The van der Waals surface area contributed by atoms with Crippen molar-refractivity contribution in [3.8, 4) is 0 Å². The summed E-state index contributed by atoms with van der Waals surface area (Å²) in [6, 6.07) is 1.51. The van der Waals surface area contributed by atoms with Crippen LogP contribution in [0.15, 0.2) is 23.3 Å². The molecule has 0 bridgehead atoms. The molecule has 0 saturated carbocycles. The average molecular weight is 306 g/mol. The zero-order valence-electron chi connectivity index (χ0n) is 10.2. The Labute approximate surface area is 115 Å². The van der Waals surface area contributed by atoms with Crippen LogP contribution >= 0.6 is 0 Å². The van der Waals surface area contributed by atoms with Crippen molar-refractivity contribution in [3.63, 3.8) is 0 Å². The molecule has 2 unspecified atom stereocenters. The number of aliphatic hydroxyl groups is 2. The smallest absolute Gasteiger partial charge is 0.390 e. The minimum absolute atomic E-state index is 0.316. The van der Waals surface area contributed by atoms with E-state index in [0.717, 1.165) is 0 Å². The minimum atomic E-state index is -4.85. The fraction of sp³-hybridized carbons (Fsp3) is 0.400. The van der Waals surface area contributed by atoms with Gasteiger partial charge in [-0.1, -0.05) is 5.11 Å². The van der Waals surface area contributed by atoms with E-state index in [4.69, 9.17) is 5.53 Å². The summed E-state index contributed by atoms with van der Waals surface area (Å²) in [5, 5.41) is 32.7. The summed E-state index contributed by atoms with van der Waals surface area (Å²) in [6.45, 7) is -0.596. The lowest BCUT2D eigenvalue weighted by Gasteiger charge is -2.17. The van der Waals surface area contributed by atoms with Crippen LogP contribution in [0.2, 0.25) is 0 Å². The van der Waals surface area contributed by atoms with Gasteiger partial charge in [0.05, 0.1) is 23.1 Å². The first-order chi connectivity index (χ1) is 9.66. The Morgan fingerprint density at radius 1 is 1.38 bits per heavy atom. The maximum absolute atomic E-state index is 12.6. The van der Waals surface area contributed by atoms with Crippen LogP contribution in [0.1, 0.15) is 17.2 Å². The fourth-order valence-corrected chi connectivity index (χ4v) is 1.52. The number of halogens is 3. The van der Waals surface area contributed by atoms with E-state index in [1.807, 2.05) is 0 Å². The highest BCUT2D eigenvalue weighted by Gasteiger charge is 2.34. The fourth-order valence-electron chi connectivity index (χ4n) is 1.52. The molecule has 114 valence electrons. The van der Waals surface area contributed by atoms with Gasteiger partial charge < -0.3 is 10.2 Å². The zero-order valence-corrected chi connectivity index (χ0v) is 10.2. The Bertz CT molecular complexity index is 586. The van der Waals surface area contributed by atoms with Crippen molar-refractivity contribution in [2.24, 2.45) is 5.11 Å². The molecule has 8 nitrogen and oxygen atoms in total. The molecule has 0 aromatic heterocycles. The third-order valence-corrected chi connectivity index (χ3v) is 2.52. The molecule has 0 heterocycles. The lowest BCUT2D eigenvalue weighted by molar-refractivity contribution is -0.385. The topological polar surface area (TPSA) is 132 Å². The van der Waals surface area contributed by atoms with E-state index in [1.54, 1.807) is 0 Å². The van der Waals surface area contributed by atoms with Crippen LogP contribution in [0.25, 0.3) is 10.4 Å². The monoisotopic (exact) mass is 306 g/mol. The Balaban J connectivity index is 3.25. The molecule has 0 spiro atoms. The number of hydrogen-bond donors (Lipinski definition) is 2. The maximum atomic E-state index is 12.6. The van der Waals surface area contributed by atoms with Crippen LogP contribution < -0.4 is 0 Å².